The molecule has 1 unspecified atom stereocenters. The summed E-state index contributed by atoms with van der Waals surface area (Å²) >= 11 is 0. The highest BCUT2D eigenvalue weighted by atomic mass is 32.2. The van der Waals surface area contributed by atoms with E-state index in [1.165, 1.54) is 21.8 Å². The maximum Gasteiger partial charge on any atom is 0.336 e. The molecule has 6 N–H and O–H groups in total. The Hall–Kier alpha value is -5.04. The second-order valence-electron chi connectivity index (χ2n) is 13.2. The topological polar surface area (TPSA) is 308 Å². The highest BCUT2D eigenvalue weighted by Crippen LogP contribution is 2.40. The Morgan fingerprint density at radius 2 is 1.79 bits per heavy atom. The number of benzene rings is 1. The van der Waals surface area contributed by atoms with Gasteiger partial charge in [-0.15, -0.1) is 0 Å². The zero-order valence-electron chi connectivity index (χ0n) is 29.5. The number of hydrogen-bond acceptors (Lipinski definition) is 15. The number of nitrogens with zero attached hydrogens (tertiary/aromatic N) is 8. The van der Waals surface area contributed by atoms with Gasteiger partial charge >= 0.3 is 18.6 Å². The van der Waals surface area contributed by atoms with Crippen LogP contribution in [0.15, 0.2) is 54.1 Å². The number of nitrogens with one attached hydrogen (secondary N) is 3. The van der Waals surface area contributed by atoms with E-state index in [0.29, 0.717) is 9.87 Å². The van der Waals surface area contributed by atoms with Crippen LogP contribution in [-0.4, -0.2) is 116 Å². The van der Waals surface area contributed by atoms with E-state index in [1.807, 2.05) is 0 Å². The number of ether oxygens (including phenoxy) is 2. The average Bonchev–Trinajstić information content (AvgIpc) is 3.95. The number of aromatic nitrogens is 8. The van der Waals surface area contributed by atoms with E-state index in [2.05, 4.69) is 40.5 Å². The van der Waals surface area contributed by atoms with E-state index < -0.39 is 91.8 Å². The minimum Gasteiger partial charge on any atom is -0.394 e. The molecule has 2 fully saturated rings. The van der Waals surface area contributed by atoms with Crippen LogP contribution in [0.3, 0.4) is 0 Å². The summed E-state index contributed by atoms with van der Waals surface area (Å²) in [7, 11) is -8.76. The molecule has 0 spiro atoms. The van der Waals surface area contributed by atoms with Crippen LogP contribution in [0, 0.1) is 5.92 Å². The molecule has 1 aromatic carbocycles. The number of carbonyl (C=O) groups excluding carboxylic acids is 2. The predicted octanol–water partition coefficient (Wildman–Crippen LogP) is 0.614. The van der Waals surface area contributed by atoms with Gasteiger partial charge in [0.05, 0.1) is 37.5 Å². The van der Waals surface area contributed by atoms with Crippen LogP contribution in [0.5, 0.6) is 0 Å². The lowest BCUT2D eigenvalue weighted by molar-refractivity contribution is -0.118. The molecule has 5 aromatic rings. The number of anilines is 2. The largest absolute Gasteiger partial charge is 0.394 e. The molecule has 56 heavy (non-hydrogen) atoms. The number of imidazole rings is 2. The molecule has 0 saturated carbocycles. The third-order valence-electron chi connectivity index (χ3n) is 9.24. The molecule has 0 radical (unpaired) electrons. The maximum atomic E-state index is 13.2. The number of aliphatic hydroxyl groups excluding tert-OH is 1. The molecular weight excluding hydrogens is 781 g/mol. The third-order valence-corrected chi connectivity index (χ3v) is 10.8. The standard InChI is InChI=1S/C31H36N11O12PS/c1-15(2)27(44)38-31-37-26-23(29(46)39-31)35-14-41(26)30-18(8-17(11-43)52-30)42(56(49,50)51)10-20-19(54-55(47)48)9-21(53-20)40-13-34-22-24(32-12-33-25(22)40)36-28(45)16-6-4-3-5-7-16/h3-7,12-15,17-21,30,43,55H,8-11H2,1-2H3,(H,47,48)(H,49,50,51)(H,32,33,36,45)(H2,37,38,39,44,46)/t17-,18+,19-,20+,21+,30+/m0/s1. The van der Waals surface area contributed by atoms with E-state index >= 15 is 0 Å². The molecule has 25 heteroatoms. The van der Waals surface area contributed by atoms with E-state index in [9.17, 15) is 41.9 Å². The first kappa shape index (κ1) is 39.2. The van der Waals surface area contributed by atoms with Gasteiger partial charge in [0, 0.05) is 24.4 Å². The lowest BCUT2D eigenvalue weighted by Gasteiger charge is -2.32. The number of aromatic amines is 1. The van der Waals surface area contributed by atoms with Crippen LogP contribution in [0.2, 0.25) is 0 Å². The van der Waals surface area contributed by atoms with Gasteiger partial charge in [-0.2, -0.15) is 17.7 Å². The van der Waals surface area contributed by atoms with Crippen molar-refractivity contribution < 1.29 is 51.1 Å². The van der Waals surface area contributed by atoms with E-state index in [1.54, 1.807) is 44.2 Å². The fourth-order valence-corrected chi connectivity index (χ4v) is 7.95. The van der Waals surface area contributed by atoms with Crippen LogP contribution >= 0.6 is 8.25 Å². The van der Waals surface area contributed by atoms with Crippen LogP contribution in [0.25, 0.3) is 22.3 Å². The van der Waals surface area contributed by atoms with Crippen LogP contribution < -0.4 is 16.2 Å². The molecular formula is C31H36N11O12PS. The summed E-state index contributed by atoms with van der Waals surface area (Å²) in [4.78, 5) is 71.5. The van der Waals surface area contributed by atoms with Crippen molar-refractivity contribution in [2.75, 3.05) is 23.8 Å². The van der Waals surface area contributed by atoms with Crippen molar-refractivity contribution >= 4 is 64.5 Å². The van der Waals surface area contributed by atoms with Crippen molar-refractivity contribution in [2.24, 2.45) is 5.92 Å². The van der Waals surface area contributed by atoms with Gasteiger partial charge in [-0.05, 0) is 18.6 Å². The van der Waals surface area contributed by atoms with Gasteiger partial charge in [-0.25, -0.2) is 19.9 Å². The second kappa shape index (κ2) is 15.8. The maximum absolute atomic E-state index is 13.2. The highest BCUT2D eigenvalue weighted by Gasteiger charge is 2.48. The zero-order valence-corrected chi connectivity index (χ0v) is 31.3. The van der Waals surface area contributed by atoms with Gasteiger partial charge in [0.1, 0.15) is 18.7 Å². The van der Waals surface area contributed by atoms with E-state index in [0.717, 1.165) is 6.33 Å². The van der Waals surface area contributed by atoms with Crippen molar-refractivity contribution in [1.82, 2.24) is 43.3 Å². The Bertz CT molecular complexity index is 2460. The molecule has 23 nitrogen and oxygen atoms in total. The van der Waals surface area contributed by atoms with Crippen molar-refractivity contribution in [3.05, 3.63) is 65.2 Å². The number of H-pyrrole nitrogens is 1. The molecule has 4 aromatic heterocycles. The fraction of sp³-hybridized carbons (Fsp3) is 0.419. The first-order chi connectivity index (χ1) is 26.7. The second-order valence-corrected chi connectivity index (χ2v) is 15.4. The van der Waals surface area contributed by atoms with E-state index in [-0.39, 0.29) is 46.9 Å². The zero-order chi connectivity index (χ0) is 39.9. The summed E-state index contributed by atoms with van der Waals surface area (Å²) in [6.45, 7) is 2.04. The smallest absolute Gasteiger partial charge is 0.336 e. The molecule has 2 saturated heterocycles. The summed E-state index contributed by atoms with van der Waals surface area (Å²) in [5, 5.41) is 15.3. The Labute approximate surface area is 316 Å². The molecule has 2 aliphatic rings. The lowest BCUT2D eigenvalue weighted by Crippen LogP contribution is -2.48. The molecule has 7 rings (SSSR count). The Kier molecular flexibility index (Phi) is 11.1. The molecule has 298 valence electrons. The SMILES string of the molecule is CC(C)C(=O)Nc1nc2c(ncn2[C@@H]2O[C@H](CO)C[C@H]2N(C[C@H]2O[C@@H](n3cnc4c(NC(=O)c5ccccc5)ncnc43)C[C@@H]2O[PH](=O)O)S(=O)(=O)O)c(=O)[nH]1. The number of amides is 2. The van der Waals surface area contributed by atoms with Crippen molar-refractivity contribution in [1.29, 1.82) is 0 Å². The average molecular weight is 818 g/mol. The van der Waals surface area contributed by atoms with Crippen molar-refractivity contribution in [3.63, 3.8) is 0 Å². The van der Waals surface area contributed by atoms with Crippen molar-refractivity contribution in [3.8, 4) is 0 Å². The van der Waals surface area contributed by atoms with Gasteiger partial charge in [0.25, 0.3) is 11.5 Å². The molecule has 0 aliphatic carbocycles. The first-order valence-electron chi connectivity index (χ1n) is 17.1. The summed E-state index contributed by atoms with van der Waals surface area (Å²) in [5.41, 5.74) is -0.255. The lowest BCUT2D eigenvalue weighted by atomic mass is 10.1. The summed E-state index contributed by atoms with van der Waals surface area (Å²) in [6, 6.07) is 7.09. The fourth-order valence-electron chi connectivity index (χ4n) is 6.58. The van der Waals surface area contributed by atoms with Gasteiger partial charge < -0.3 is 29.3 Å². The van der Waals surface area contributed by atoms with Crippen LogP contribution in [0.1, 0.15) is 49.5 Å². The number of hydrogen-bond donors (Lipinski definition) is 6. The minimum absolute atomic E-state index is 0.0894. The molecule has 0 bridgehead atoms. The number of carbonyl (C=O) groups is 2. The Morgan fingerprint density at radius 1 is 1.05 bits per heavy atom. The van der Waals surface area contributed by atoms with Gasteiger partial charge in [-0.3, -0.25) is 42.9 Å². The van der Waals surface area contributed by atoms with Gasteiger partial charge in [-0.1, -0.05) is 32.0 Å². The summed E-state index contributed by atoms with van der Waals surface area (Å²) < 4.78 is 69.9. The molecule has 6 heterocycles. The monoisotopic (exact) mass is 817 g/mol. The summed E-state index contributed by atoms with van der Waals surface area (Å²) in [5.74, 6) is -1.49. The van der Waals surface area contributed by atoms with Gasteiger partial charge in [0.15, 0.2) is 34.4 Å². The van der Waals surface area contributed by atoms with E-state index in [4.69, 9.17) is 14.0 Å². The molecule has 2 amide bonds. The quantitative estimate of drug-likeness (QED) is 0.0700. The van der Waals surface area contributed by atoms with Crippen LogP contribution in [-0.2, 0) is 33.7 Å². The number of rotatable bonds is 13. The number of fused-ring (bicyclic) bond motifs is 2. The predicted molar refractivity (Wildman–Crippen MR) is 194 cm³/mol. The minimum atomic E-state index is -5.14. The highest BCUT2D eigenvalue weighted by molar-refractivity contribution is 7.83. The Balaban J connectivity index is 1.19. The number of aliphatic hydroxyl groups is 1. The van der Waals surface area contributed by atoms with Crippen LogP contribution in [0.4, 0.5) is 11.8 Å². The van der Waals surface area contributed by atoms with Crippen molar-refractivity contribution in [2.45, 2.75) is 63.5 Å². The molecule has 7 atom stereocenters. The third kappa shape index (κ3) is 7.96. The van der Waals surface area contributed by atoms with Gasteiger partial charge in [0.2, 0.25) is 11.9 Å². The Morgan fingerprint density at radius 3 is 2.48 bits per heavy atom. The molecule has 2 aliphatic heterocycles. The summed E-state index contributed by atoms with van der Waals surface area (Å²) in [6.07, 6.45) is -2.45. The first-order valence-corrected chi connectivity index (χ1v) is 19.7. The normalized spacial score (nSPS) is 23.3.